The quantitative estimate of drug-likeness (QED) is 0.0222. The number of phosphoric ester groups is 2. The lowest BCUT2D eigenvalue weighted by atomic mass is 9.99. The molecule has 0 heterocycles. The average Bonchev–Trinajstić information content (AvgIpc) is 2.43. The largest absolute Gasteiger partial charge is 0.472 e. The Hall–Kier alpha value is -1.94. The molecule has 0 aromatic rings. The fourth-order valence-corrected chi connectivity index (χ4v) is 12.5. The summed E-state index contributed by atoms with van der Waals surface area (Å²) in [5, 5.41) is 10.6. The van der Waals surface area contributed by atoms with Crippen LogP contribution >= 0.6 is 15.6 Å². The van der Waals surface area contributed by atoms with Gasteiger partial charge in [0.15, 0.2) is 12.2 Å². The van der Waals surface area contributed by atoms with E-state index in [1.807, 2.05) is 0 Å². The summed E-state index contributed by atoms with van der Waals surface area (Å²) in [6, 6.07) is 0. The van der Waals surface area contributed by atoms with E-state index < -0.39 is 97.5 Å². The molecule has 0 saturated carbocycles. The van der Waals surface area contributed by atoms with Gasteiger partial charge in [-0.15, -0.1) is 0 Å². The zero-order valence-electron chi connectivity index (χ0n) is 60.2. The Morgan fingerprint density at radius 3 is 0.772 bits per heavy atom. The molecule has 8 atom stereocenters. The highest BCUT2D eigenvalue weighted by Gasteiger charge is 2.30. The van der Waals surface area contributed by atoms with Gasteiger partial charge in [0, 0.05) is 25.7 Å². The number of aliphatic hydroxyl groups is 1. The van der Waals surface area contributed by atoms with E-state index in [4.69, 9.17) is 37.0 Å². The van der Waals surface area contributed by atoms with Crippen molar-refractivity contribution in [3.63, 3.8) is 0 Å². The third kappa shape index (κ3) is 62.8. The van der Waals surface area contributed by atoms with E-state index in [0.29, 0.717) is 25.7 Å². The van der Waals surface area contributed by atoms with E-state index in [-0.39, 0.29) is 25.7 Å². The van der Waals surface area contributed by atoms with Crippen LogP contribution in [0.1, 0.15) is 364 Å². The fourth-order valence-electron chi connectivity index (χ4n) is 10.9. The maximum absolute atomic E-state index is 13.0. The van der Waals surface area contributed by atoms with Crippen LogP contribution in [0.4, 0.5) is 0 Å². The molecule has 0 radical (unpaired) electrons. The second-order valence-corrected chi connectivity index (χ2v) is 30.4. The lowest BCUT2D eigenvalue weighted by Gasteiger charge is -2.21. The normalized spacial score (nSPS) is 15.1. The Kier molecular flexibility index (Phi) is 61.3. The molecule has 0 aliphatic rings. The van der Waals surface area contributed by atoms with Gasteiger partial charge in [0.2, 0.25) is 0 Å². The topological polar surface area (TPSA) is 237 Å². The molecule has 0 saturated heterocycles. The van der Waals surface area contributed by atoms with Gasteiger partial charge in [-0.3, -0.25) is 37.3 Å². The van der Waals surface area contributed by atoms with Gasteiger partial charge in [0.25, 0.3) is 0 Å². The molecule has 0 spiro atoms. The van der Waals surface area contributed by atoms with E-state index in [0.717, 1.165) is 120 Å². The van der Waals surface area contributed by atoms with Crippen LogP contribution in [-0.4, -0.2) is 96.7 Å². The van der Waals surface area contributed by atoms with E-state index in [2.05, 4.69) is 55.4 Å². The van der Waals surface area contributed by atoms with Crippen molar-refractivity contribution in [3.05, 3.63) is 0 Å². The second kappa shape index (κ2) is 62.6. The number of ether oxygens (including phenoxy) is 4. The first kappa shape index (κ1) is 90.1. The van der Waals surface area contributed by atoms with Gasteiger partial charge in [0.05, 0.1) is 26.4 Å². The molecule has 0 bridgehead atoms. The number of carbonyl (C=O) groups excluding carboxylic acids is 4. The van der Waals surface area contributed by atoms with Gasteiger partial charge < -0.3 is 33.8 Å². The van der Waals surface area contributed by atoms with Crippen molar-refractivity contribution in [2.75, 3.05) is 39.6 Å². The van der Waals surface area contributed by atoms with Crippen LogP contribution in [0.2, 0.25) is 0 Å². The van der Waals surface area contributed by atoms with Crippen molar-refractivity contribution in [1.82, 2.24) is 0 Å². The summed E-state index contributed by atoms with van der Waals surface area (Å²) >= 11 is 0. The summed E-state index contributed by atoms with van der Waals surface area (Å²) in [6.07, 6.45) is 45.8. The molecule has 19 heteroatoms. The molecule has 5 unspecified atom stereocenters. The van der Waals surface area contributed by atoms with E-state index in [1.54, 1.807) is 0 Å². The number of esters is 4. The summed E-state index contributed by atoms with van der Waals surface area (Å²) in [6.45, 7) is 14.1. The molecule has 0 rings (SSSR count). The SMILES string of the molecule is CCC(C)CCCCCCCCCCCCC(=O)OC[C@H](COP(=O)(O)OC[C@@H](O)COP(=O)(O)OC[C@@H](COC(=O)CCCCCCCCC(C)CC)OC(=O)CCCCCCCCCCCCCCCCCC(C)C)OC(=O)CCCCCCCCC(C)CC. The minimum absolute atomic E-state index is 0.102. The molecule has 92 heavy (non-hydrogen) atoms. The molecule has 0 fully saturated rings. The molecule has 0 aliphatic heterocycles. The lowest BCUT2D eigenvalue weighted by Crippen LogP contribution is -2.30. The number of carbonyl (C=O) groups is 4. The predicted molar refractivity (Wildman–Crippen MR) is 372 cm³/mol. The van der Waals surface area contributed by atoms with Crippen molar-refractivity contribution >= 4 is 39.5 Å². The van der Waals surface area contributed by atoms with Crippen molar-refractivity contribution < 1.29 is 80.2 Å². The van der Waals surface area contributed by atoms with E-state index in [9.17, 15) is 43.2 Å². The van der Waals surface area contributed by atoms with Crippen LogP contribution < -0.4 is 0 Å². The minimum atomic E-state index is -4.95. The van der Waals surface area contributed by atoms with Crippen LogP contribution in [0.25, 0.3) is 0 Å². The smallest absolute Gasteiger partial charge is 0.462 e. The summed E-state index contributed by atoms with van der Waals surface area (Å²) in [5.41, 5.74) is 0. The zero-order chi connectivity index (χ0) is 68.2. The van der Waals surface area contributed by atoms with Crippen LogP contribution in [0.3, 0.4) is 0 Å². The number of unbranched alkanes of at least 4 members (excludes halogenated alkanes) is 33. The Morgan fingerprint density at radius 2 is 0.522 bits per heavy atom. The number of aliphatic hydroxyl groups excluding tert-OH is 1. The molecule has 0 aliphatic carbocycles. The first-order valence-corrected chi connectivity index (χ1v) is 40.8. The number of phosphoric acid groups is 2. The fraction of sp³-hybridized carbons (Fsp3) is 0.945. The van der Waals surface area contributed by atoms with Crippen molar-refractivity contribution in [2.45, 2.75) is 382 Å². The maximum atomic E-state index is 13.0. The third-order valence-corrected chi connectivity index (χ3v) is 19.8. The molecule has 0 aromatic carbocycles. The summed E-state index contributed by atoms with van der Waals surface area (Å²) in [4.78, 5) is 72.6. The highest BCUT2D eigenvalue weighted by molar-refractivity contribution is 7.47. The van der Waals surface area contributed by atoms with E-state index >= 15 is 0 Å². The molecule has 3 N–H and O–H groups in total. The van der Waals surface area contributed by atoms with Crippen LogP contribution in [0.5, 0.6) is 0 Å². The molecular formula is C73H142O17P2. The van der Waals surface area contributed by atoms with Gasteiger partial charge in [-0.2, -0.15) is 0 Å². The van der Waals surface area contributed by atoms with Crippen molar-refractivity contribution in [2.24, 2.45) is 23.7 Å². The molecule has 0 aromatic heterocycles. The van der Waals surface area contributed by atoms with E-state index in [1.165, 1.54) is 161 Å². The van der Waals surface area contributed by atoms with Crippen molar-refractivity contribution in [1.29, 1.82) is 0 Å². The Balaban J connectivity index is 5.22. The van der Waals surface area contributed by atoms with Crippen LogP contribution in [0, 0.1) is 23.7 Å². The minimum Gasteiger partial charge on any atom is -0.462 e. The summed E-state index contributed by atoms with van der Waals surface area (Å²) in [7, 11) is -9.91. The maximum Gasteiger partial charge on any atom is 0.472 e. The lowest BCUT2D eigenvalue weighted by molar-refractivity contribution is -0.161. The van der Waals surface area contributed by atoms with Gasteiger partial charge >= 0.3 is 39.5 Å². The van der Waals surface area contributed by atoms with Crippen LogP contribution in [-0.2, 0) is 65.4 Å². The number of rotatable bonds is 70. The zero-order valence-corrected chi connectivity index (χ0v) is 62.0. The molecule has 0 amide bonds. The van der Waals surface area contributed by atoms with Crippen molar-refractivity contribution in [3.8, 4) is 0 Å². The van der Waals surface area contributed by atoms with Gasteiger partial charge in [-0.05, 0) is 49.4 Å². The Labute approximate surface area is 562 Å². The third-order valence-electron chi connectivity index (χ3n) is 17.9. The monoisotopic (exact) mass is 1350 g/mol. The highest BCUT2D eigenvalue weighted by atomic mass is 31.2. The summed E-state index contributed by atoms with van der Waals surface area (Å²) in [5.74, 6) is 0.934. The molecular weight excluding hydrogens is 1210 g/mol. The summed E-state index contributed by atoms with van der Waals surface area (Å²) < 4.78 is 68.4. The Morgan fingerprint density at radius 1 is 0.304 bits per heavy atom. The van der Waals surface area contributed by atoms with Gasteiger partial charge in [-0.1, -0.05) is 312 Å². The number of hydrogen-bond acceptors (Lipinski definition) is 15. The second-order valence-electron chi connectivity index (χ2n) is 27.5. The first-order valence-electron chi connectivity index (χ1n) is 37.8. The highest BCUT2D eigenvalue weighted by Crippen LogP contribution is 2.45. The molecule has 546 valence electrons. The molecule has 17 nitrogen and oxygen atoms in total. The number of hydrogen-bond donors (Lipinski definition) is 3. The van der Waals surface area contributed by atoms with Gasteiger partial charge in [-0.25, -0.2) is 9.13 Å². The standard InChI is InChI=1S/C73H142O17P2/c1-9-64(6)50-42-34-26-22-19-20-23-27-37-45-53-70(75)83-59-69(90-73(78)56-48-40-32-30-36-44-52-66(8)11-3)62-88-92(81,82)86-58-67(74)57-85-91(79,80)87-61-68(60-84-71(76)54-46-38-31-29-35-43-51-65(7)10-2)89-72(77)55-47-39-28-24-18-16-14-12-13-15-17-21-25-33-41-49-63(4)5/h63-69,74H,9-62H2,1-8H3,(H,79,80)(H,81,82)/t64?,65?,66?,67-,68+,69+/m0/s1. The predicted octanol–water partition coefficient (Wildman–Crippen LogP) is 20.9. The average molecular weight is 1350 g/mol. The first-order chi connectivity index (χ1) is 44.2. The Bertz CT molecular complexity index is 1820. The van der Waals surface area contributed by atoms with Crippen LogP contribution in [0.15, 0.2) is 0 Å². The van der Waals surface area contributed by atoms with Gasteiger partial charge in [0.1, 0.15) is 19.3 Å².